The summed E-state index contributed by atoms with van der Waals surface area (Å²) in [4.78, 5) is 25.2. The first-order chi connectivity index (χ1) is 16.1. The Hall–Kier alpha value is -2.90. The van der Waals surface area contributed by atoms with Crippen LogP contribution in [0.3, 0.4) is 0 Å². The molecule has 3 aromatic carbocycles. The van der Waals surface area contributed by atoms with Crippen LogP contribution >= 0.6 is 23.5 Å². The summed E-state index contributed by atoms with van der Waals surface area (Å²) < 4.78 is 5.48. The summed E-state index contributed by atoms with van der Waals surface area (Å²) in [5.74, 6) is 0.818. The molecule has 1 aliphatic carbocycles. The molecule has 0 saturated carbocycles. The monoisotopic (exact) mass is 479 g/mol. The van der Waals surface area contributed by atoms with Crippen molar-refractivity contribution in [1.82, 2.24) is 5.32 Å². The Morgan fingerprint density at radius 2 is 1.48 bits per heavy atom. The van der Waals surface area contributed by atoms with Crippen molar-refractivity contribution >= 4 is 35.6 Å². The Morgan fingerprint density at radius 1 is 0.879 bits per heavy atom. The van der Waals surface area contributed by atoms with Crippen molar-refractivity contribution in [3.63, 3.8) is 0 Å². The number of nitrogens with one attached hydrogen (secondary N) is 1. The van der Waals surface area contributed by atoms with Crippen LogP contribution in [-0.2, 0) is 9.53 Å². The van der Waals surface area contributed by atoms with Crippen molar-refractivity contribution < 1.29 is 19.4 Å². The van der Waals surface area contributed by atoms with Gasteiger partial charge in [-0.3, -0.25) is 0 Å². The van der Waals surface area contributed by atoms with Crippen LogP contribution < -0.4 is 5.32 Å². The van der Waals surface area contributed by atoms with Crippen LogP contribution in [0.4, 0.5) is 4.79 Å². The zero-order valence-electron chi connectivity index (χ0n) is 18.0. The van der Waals surface area contributed by atoms with Gasteiger partial charge in [-0.2, -0.15) is 11.8 Å². The summed E-state index contributed by atoms with van der Waals surface area (Å²) in [7, 11) is 0. The van der Waals surface area contributed by atoms with E-state index in [0.29, 0.717) is 0 Å². The van der Waals surface area contributed by atoms with Gasteiger partial charge < -0.3 is 15.2 Å². The number of thioether (sulfide) groups is 2. The fourth-order valence-electron chi connectivity index (χ4n) is 3.89. The quantitative estimate of drug-likeness (QED) is 0.295. The van der Waals surface area contributed by atoms with Gasteiger partial charge in [-0.05, 0) is 34.4 Å². The molecule has 7 heteroatoms. The molecule has 33 heavy (non-hydrogen) atoms. The van der Waals surface area contributed by atoms with E-state index in [-0.39, 0.29) is 18.3 Å². The first-order valence-electron chi connectivity index (χ1n) is 10.7. The van der Waals surface area contributed by atoms with E-state index in [0.717, 1.165) is 33.8 Å². The highest BCUT2D eigenvalue weighted by molar-refractivity contribution is 8.03. The minimum atomic E-state index is -1.06. The maximum atomic E-state index is 12.4. The number of amides is 1. The Kier molecular flexibility index (Phi) is 7.96. The number of carboxylic acid groups (broad SMARTS) is 1. The van der Waals surface area contributed by atoms with Crippen LogP contribution in [0.5, 0.6) is 0 Å². The van der Waals surface area contributed by atoms with E-state index in [1.807, 2.05) is 66.7 Å². The lowest BCUT2D eigenvalue weighted by molar-refractivity contribution is -0.138. The van der Waals surface area contributed by atoms with Gasteiger partial charge in [0.1, 0.15) is 12.6 Å². The molecule has 0 radical (unpaired) electrons. The standard InChI is InChI=1S/C26H25NO4S2/c28-25(29)24(17-32-14-15-33-18-8-2-1-3-9-18)27-26(30)31-16-23-21-12-6-4-10-19(21)20-11-5-7-13-22(20)23/h1-13,23-24H,14-17H2,(H,27,30)(H,28,29). The lowest BCUT2D eigenvalue weighted by Crippen LogP contribution is -2.43. The third kappa shape index (κ3) is 5.92. The SMILES string of the molecule is O=C(NC(CSCCSc1ccccc1)C(=O)O)OCC1c2ccccc2-c2ccccc21. The first kappa shape index (κ1) is 23.3. The van der Waals surface area contributed by atoms with Crippen LogP contribution in [0.2, 0.25) is 0 Å². The van der Waals surface area contributed by atoms with Crippen molar-refractivity contribution in [3.05, 3.63) is 90.0 Å². The predicted molar refractivity (Wildman–Crippen MR) is 134 cm³/mol. The zero-order valence-corrected chi connectivity index (χ0v) is 19.6. The molecule has 1 unspecified atom stereocenters. The molecule has 5 nitrogen and oxygen atoms in total. The predicted octanol–water partition coefficient (Wildman–Crippen LogP) is 5.50. The molecule has 2 N–H and O–H groups in total. The molecule has 1 aliphatic rings. The van der Waals surface area contributed by atoms with E-state index < -0.39 is 18.1 Å². The third-order valence-corrected chi connectivity index (χ3v) is 7.79. The molecule has 0 saturated heterocycles. The number of carbonyl (C=O) groups excluding carboxylic acids is 1. The van der Waals surface area contributed by atoms with Crippen LogP contribution in [0.25, 0.3) is 11.1 Å². The number of aliphatic carboxylic acids is 1. The van der Waals surface area contributed by atoms with Gasteiger partial charge in [-0.15, -0.1) is 11.8 Å². The average molecular weight is 480 g/mol. The highest BCUT2D eigenvalue weighted by atomic mass is 32.2. The number of benzene rings is 3. The maximum absolute atomic E-state index is 12.4. The highest BCUT2D eigenvalue weighted by Gasteiger charge is 2.29. The van der Waals surface area contributed by atoms with E-state index in [1.54, 1.807) is 11.8 Å². The zero-order chi connectivity index (χ0) is 23.0. The summed E-state index contributed by atoms with van der Waals surface area (Å²) in [5.41, 5.74) is 4.53. The molecule has 3 aromatic rings. The molecule has 0 heterocycles. The second-order valence-electron chi connectivity index (χ2n) is 7.60. The van der Waals surface area contributed by atoms with Crippen molar-refractivity contribution in [1.29, 1.82) is 0 Å². The van der Waals surface area contributed by atoms with Gasteiger partial charge in [0.15, 0.2) is 0 Å². The van der Waals surface area contributed by atoms with E-state index in [1.165, 1.54) is 16.7 Å². The fraction of sp³-hybridized carbons (Fsp3) is 0.231. The normalized spacial score (nSPS) is 13.1. The van der Waals surface area contributed by atoms with Crippen LogP contribution in [-0.4, -0.2) is 47.1 Å². The number of rotatable bonds is 10. The average Bonchev–Trinajstić information content (AvgIpc) is 3.16. The number of ether oxygens (including phenoxy) is 1. The summed E-state index contributed by atoms with van der Waals surface area (Å²) in [6.45, 7) is 0.160. The van der Waals surface area contributed by atoms with Gasteiger partial charge in [-0.25, -0.2) is 9.59 Å². The number of hydrogen-bond donors (Lipinski definition) is 2. The van der Waals surface area contributed by atoms with Crippen LogP contribution in [0.15, 0.2) is 83.8 Å². The Balaban J connectivity index is 1.26. The van der Waals surface area contributed by atoms with Crippen molar-refractivity contribution in [3.8, 4) is 11.1 Å². The van der Waals surface area contributed by atoms with Gasteiger partial charge in [0, 0.05) is 28.1 Å². The molecule has 1 amide bonds. The lowest BCUT2D eigenvalue weighted by atomic mass is 9.98. The molecule has 4 rings (SSSR count). The Morgan fingerprint density at radius 3 is 2.12 bits per heavy atom. The van der Waals surface area contributed by atoms with E-state index in [9.17, 15) is 14.7 Å². The third-order valence-electron chi connectivity index (χ3n) is 5.46. The number of alkyl carbamates (subject to hydrolysis) is 1. The Bertz CT molecular complexity index is 1060. The summed E-state index contributed by atoms with van der Waals surface area (Å²) >= 11 is 3.23. The molecular formula is C26H25NO4S2. The smallest absolute Gasteiger partial charge is 0.407 e. The number of carbonyl (C=O) groups is 2. The molecule has 0 aromatic heterocycles. The maximum Gasteiger partial charge on any atom is 0.407 e. The minimum Gasteiger partial charge on any atom is -0.480 e. The summed E-state index contributed by atoms with van der Waals surface area (Å²) in [6.07, 6.45) is -0.705. The van der Waals surface area contributed by atoms with Gasteiger partial charge in [-0.1, -0.05) is 66.7 Å². The van der Waals surface area contributed by atoms with Gasteiger partial charge in [0.2, 0.25) is 0 Å². The van der Waals surface area contributed by atoms with Crippen LogP contribution in [0, 0.1) is 0 Å². The van der Waals surface area contributed by atoms with E-state index >= 15 is 0 Å². The highest BCUT2D eigenvalue weighted by Crippen LogP contribution is 2.44. The second-order valence-corrected chi connectivity index (χ2v) is 9.92. The van der Waals surface area contributed by atoms with Crippen LogP contribution in [0.1, 0.15) is 17.0 Å². The summed E-state index contributed by atoms with van der Waals surface area (Å²) in [5, 5.41) is 12.0. The number of hydrogen-bond acceptors (Lipinski definition) is 5. The first-order valence-corrected chi connectivity index (χ1v) is 12.9. The number of carboxylic acids is 1. The second kappa shape index (κ2) is 11.3. The van der Waals surface area contributed by atoms with Gasteiger partial charge >= 0.3 is 12.1 Å². The van der Waals surface area contributed by atoms with Crippen molar-refractivity contribution in [2.24, 2.45) is 0 Å². The summed E-state index contributed by atoms with van der Waals surface area (Å²) in [6, 6.07) is 25.3. The van der Waals surface area contributed by atoms with Gasteiger partial charge in [0.25, 0.3) is 0 Å². The molecule has 170 valence electrons. The van der Waals surface area contributed by atoms with E-state index in [2.05, 4.69) is 17.4 Å². The molecule has 1 atom stereocenters. The van der Waals surface area contributed by atoms with Crippen molar-refractivity contribution in [2.45, 2.75) is 16.9 Å². The molecule has 0 aliphatic heterocycles. The minimum absolute atomic E-state index is 0.0594. The van der Waals surface area contributed by atoms with E-state index in [4.69, 9.17) is 4.74 Å². The lowest BCUT2D eigenvalue weighted by Gasteiger charge is -2.17. The largest absolute Gasteiger partial charge is 0.480 e. The molecule has 0 fully saturated rings. The Labute approximate surface area is 201 Å². The van der Waals surface area contributed by atoms with Crippen molar-refractivity contribution in [2.75, 3.05) is 23.9 Å². The molecule has 0 spiro atoms. The molecular weight excluding hydrogens is 454 g/mol. The molecule has 0 bridgehead atoms. The number of fused-ring (bicyclic) bond motifs is 3. The van der Waals surface area contributed by atoms with Gasteiger partial charge in [0.05, 0.1) is 0 Å². The fourth-order valence-corrected chi connectivity index (χ4v) is 5.91. The topological polar surface area (TPSA) is 75.6 Å².